The number of pyridine rings is 1. The topological polar surface area (TPSA) is 74.2 Å². The average molecular weight is 235 g/mol. The highest BCUT2D eigenvalue weighted by atomic mass is 16.4. The molecule has 0 bridgehead atoms. The molecule has 5 heteroatoms. The molecular weight excluding hydrogens is 218 g/mol. The summed E-state index contributed by atoms with van der Waals surface area (Å²) in [6.45, 7) is 1.73. The van der Waals surface area contributed by atoms with Crippen molar-refractivity contribution in [2.45, 2.75) is 25.3 Å². The first-order valence-corrected chi connectivity index (χ1v) is 5.92. The van der Waals surface area contributed by atoms with Crippen LogP contribution in [0.5, 0.6) is 0 Å². The zero-order valence-electron chi connectivity index (χ0n) is 9.65. The first kappa shape index (κ1) is 11.9. The molecule has 3 N–H and O–H groups in total. The van der Waals surface area contributed by atoms with E-state index in [4.69, 9.17) is 5.11 Å². The Labute approximate surface area is 100 Å². The van der Waals surface area contributed by atoms with E-state index in [1.807, 2.05) is 0 Å². The summed E-state index contributed by atoms with van der Waals surface area (Å²) in [6, 6.07) is 2.23. The Hall–Kier alpha value is -1.62. The summed E-state index contributed by atoms with van der Waals surface area (Å²) >= 11 is 0. The highest BCUT2D eigenvalue weighted by Gasteiger charge is 2.19. The largest absolute Gasteiger partial charge is 0.478 e. The molecule has 0 spiro atoms. The highest BCUT2D eigenvalue weighted by Crippen LogP contribution is 2.18. The fraction of sp³-hybridized carbons (Fsp3) is 0.500. The van der Waals surface area contributed by atoms with E-state index < -0.39 is 5.97 Å². The maximum atomic E-state index is 10.9. The first-order valence-electron chi connectivity index (χ1n) is 5.92. The molecule has 0 saturated heterocycles. The molecular formula is C12H17N3O2. The van der Waals surface area contributed by atoms with Crippen molar-refractivity contribution in [1.29, 1.82) is 0 Å². The van der Waals surface area contributed by atoms with Crippen LogP contribution in [0.4, 0.5) is 5.69 Å². The van der Waals surface area contributed by atoms with Crippen LogP contribution in [-0.4, -0.2) is 35.2 Å². The van der Waals surface area contributed by atoms with Crippen LogP contribution >= 0.6 is 0 Å². The van der Waals surface area contributed by atoms with Crippen LogP contribution in [0, 0.1) is 0 Å². The molecule has 1 aliphatic carbocycles. The zero-order chi connectivity index (χ0) is 12.1. The van der Waals surface area contributed by atoms with Gasteiger partial charge in [0, 0.05) is 18.8 Å². The molecule has 0 aliphatic heterocycles. The minimum Gasteiger partial charge on any atom is -0.478 e. The van der Waals surface area contributed by atoms with Gasteiger partial charge in [0.2, 0.25) is 0 Å². The lowest BCUT2D eigenvalue weighted by Crippen LogP contribution is -2.20. The summed E-state index contributed by atoms with van der Waals surface area (Å²) in [5, 5.41) is 15.5. The van der Waals surface area contributed by atoms with Gasteiger partial charge in [-0.15, -0.1) is 0 Å². The predicted octanol–water partition coefficient (Wildman–Crippen LogP) is 1.33. The number of anilines is 1. The number of carboxylic acid groups (broad SMARTS) is 1. The number of aromatic nitrogens is 1. The molecule has 2 rings (SSSR count). The minimum atomic E-state index is -0.925. The Morgan fingerprint density at radius 1 is 1.47 bits per heavy atom. The van der Waals surface area contributed by atoms with Crippen LogP contribution in [0.25, 0.3) is 0 Å². The number of carboxylic acids is 1. The number of nitrogens with one attached hydrogen (secondary N) is 2. The molecule has 0 atom stereocenters. The summed E-state index contributed by atoms with van der Waals surface area (Å²) in [5.74, 6) is -0.925. The van der Waals surface area contributed by atoms with Crippen LogP contribution in [-0.2, 0) is 0 Å². The summed E-state index contributed by atoms with van der Waals surface area (Å²) in [5.41, 5.74) is 0.863. The first-order chi connectivity index (χ1) is 8.27. The molecule has 1 saturated carbocycles. The van der Waals surface area contributed by atoms with Crippen molar-refractivity contribution < 1.29 is 9.90 Å². The Morgan fingerprint density at radius 3 is 3.00 bits per heavy atom. The van der Waals surface area contributed by atoms with Crippen molar-refractivity contribution in [3.05, 3.63) is 24.0 Å². The highest BCUT2D eigenvalue weighted by molar-refractivity contribution is 5.93. The average Bonchev–Trinajstić information content (AvgIpc) is 3.13. The maximum absolute atomic E-state index is 10.9. The molecule has 1 heterocycles. The molecule has 0 aromatic carbocycles. The second kappa shape index (κ2) is 5.63. The number of hydrogen-bond acceptors (Lipinski definition) is 4. The van der Waals surface area contributed by atoms with Gasteiger partial charge in [-0.05, 0) is 31.9 Å². The Balaban J connectivity index is 1.75. The van der Waals surface area contributed by atoms with Crippen molar-refractivity contribution in [1.82, 2.24) is 10.3 Å². The van der Waals surface area contributed by atoms with E-state index in [0.29, 0.717) is 5.69 Å². The standard InChI is InChI=1S/C12H17N3O2/c16-12(17)10-4-7-13-8-11(10)15-6-1-5-14-9-2-3-9/h4,7-9,14-15H,1-3,5-6H2,(H,16,17). The van der Waals surface area contributed by atoms with E-state index in [1.54, 1.807) is 6.20 Å². The van der Waals surface area contributed by atoms with Crippen molar-refractivity contribution >= 4 is 11.7 Å². The van der Waals surface area contributed by atoms with Gasteiger partial charge in [0.25, 0.3) is 0 Å². The zero-order valence-corrected chi connectivity index (χ0v) is 9.65. The molecule has 0 unspecified atom stereocenters. The normalized spacial score (nSPS) is 14.6. The van der Waals surface area contributed by atoms with Crippen molar-refractivity contribution in [2.24, 2.45) is 0 Å². The third kappa shape index (κ3) is 3.71. The van der Waals surface area contributed by atoms with Crippen LogP contribution in [0.15, 0.2) is 18.5 Å². The lowest BCUT2D eigenvalue weighted by molar-refractivity contribution is 0.0698. The van der Waals surface area contributed by atoms with Crippen LogP contribution in [0.2, 0.25) is 0 Å². The Kier molecular flexibility index (Phi) is 3.93. The number of nitrogens with zero attached hydrogens (tertiary/aromatic N) is 1. The number of carbonyl (C=O) groups is 1. The fourth-order valence-corrected chi connectivity index (χ4v) is 1.63. The van der Waals surface area contributed by atoms with E-state index in [-0.39, 0.29) is 5.56 Å². The quantitative estimate of drug-likeness (QED) is 0.622. The van der Waals surface area contributed by atoms with Crippen LogP contribution < -0.4 is 10.6 Å². The van der Waals surface area contributed by atoms with Crippen molar-refractivity contribution in [3.8, 4) is 0 Å². The van der Waals surface area contributed by atoms with E-state index in [0.717, 1.165) is 25.6 Å². The second-order valence-electron chi connectivity index (χ2n) is 4.24. The predicted molar refractivity (Wildman–Crippen MR) is 65.3 cm³/mol. The lowest BCUT2D eigenvalue weighted by Gasteiger charge is -2.08. The number of hydrogen-bond donors (Lipinski definition) is 3. The summed E-state index contributed by atoms with van der Waals surface area (Å²) in [4.78, 5) is 14.9. The molecule has 0 radical (unpaired) electrons. The second-order valence-corrected chi connectivity index (χ2v) is 4.24. The fourth-order valence-electron chi connectivity index (χ4n) is 1.63. The van der Waals surface area contributed by atoms with Gasteiger partial charge < -0.3 is 15.7 Å². The van der Waals surface area contributed by atoms with Gasteiger partial charge in [-0.25, -0.2) is 4.79 Å². The van der Waals surface area contributed by atoms with Gasteiger partial charge in [-0.3, -0.25) is 4.98 Å². The van der Waals surface area contributed by atoms with Gasteiger partial charge in [-0.2, -0.15) is 0 Å². The molecule has 1 aliphatic rings. The molecule has 1 aromatic rings. The van der Waals surface area contributed by atoms with Gasteiger partial charge in [0.15, 0.2) is 0 Å². The SMILES string of the molecule is O=C(O)c1ccncc1NCCCNC1CC1. The molecule has 0 amide bonds. The monoisotopic (exact) mass is 235 g/mol. The van der Waals surface area contributed by atoms with Crippen LogP contribution in [0.3, 0.4) is 0 Å². The number of aromatic carboxylic acids is 1. The maximum Gasteiger partial charge on any atom is 0.337 e. The molecule has 92 valence electrons. The molecule has 1 fully saturated rings. The van der Waals surface area contributed by atoms with E-state index in [1.165, 1.54) is 25.1 Å². The van der Waals surface area contributed by atoms with E-state index in [2.05, 4.69) is 15.6 Å². The number of rotatable bonds is 7. The van der Waals surface area contributed by atoms with Gasteiger partial charge in [0.1, 0.15) is 0 Å². The summed E-state index contributed by atoms with van der Waals surface area (Å²) in [6.07, 6.45) is 6.60. The molecule has 5 nitrogen and oxygen atoms in total. The van der Waals surface area contributed by atoms with Gasteiger partial charge >= 0.3 is 5.97 Å². The van der Waals surface area contributed by atoms with E-state index in [9.17, 15) is 4.79 Å². The van der Waals surface area contributed by atoms with Crippen molar-refractivity contribution in [2.75, 3.05) is 18.4 Å². The molecule has 1 aromatic heterocycles. The van der Waals surface area contributed by atoms with Crippen molar-refractivity contribution in [3.63, 3.8) is 0 Å². The summed E-state index contributed by atoms with van der Waals surface area (Å²) in [7, 11) is 0. The Bertz CT molecular complexity index is 391. The molecule has 17 heavy (non-hydrogen) atoms. The smallest absolute Gasteiger partial charge is 0.337 e. The minimum absolute atomic E-state index is 0.273. The van der Waals surface area contributed by atoms with Gasteiger partial charge in [0.05, 0.1) is 17.4 Å². The Morgan fingerprint density at radius 2 is 2.29 bits per heavy atom. The van der Waals surface area contributed by atoms with E-state index >= 15 is 0 Å². The van der Waals surface area contributed by atoms with Gasteiger partial charge in [-0.1, -0.05) is 0 Å². The third-order valence-electron chi connectivity index (χ3n) is 2.73. The third-order valence-corrected chi connectivity index (χ3v) is 2.73. The van der Waals surface area contributed by atoms with Crippen LogP contribution in [0.1, 0.15) is 29.6 Å². The summed E-state index contributed by atoms with van der Waals surface area (Å²) < 4.78 is 0. The lowest BCUT2D eigenvalue weighted by atomic mass is 10.2.